The van der Waals surface area contributed by atoms with Crippen molar-refractivity contribution in [3.05, 3.63) is 41.1 Å². The molecule has 2 N–H and O–H groups in total. The maximum atomic E-state index is 11.2. The monoisotopic (exact) mass is 307 g/mol. The Balaban J connectivity index is 1.94. The van der Waals surface area contributed by atoms with Gasteiger partial charge in [0, 0.05) is 16.5 Å². The molecule has 0 aliphatic carbocycles. The van der Waals surface area contributed by atoms with Crippen molar-refractivity contribution >= 4 is 21.4 Å². The second kappa shape index (κ2) is 4.82. The number of primary sulfonamides is 1. The Morgan fingerprint density at radius 2 is 1.85 bits per heavy atom. The molecule has 6 nitrogen and oxygen atoms in total. The van der Waals surface area contributed by atoms with Gasteiger partial charge in [0.15, 0.2) is 0 Å². The summed E-state index contributed by atoms with van der Waals surface area (Å²) in [6.45, 7) is 0. The molecule has 20 heavy (non-hydrogen) atoms. The van der Waals surface area contributed by atoms with E-state index in [0.29, 0.717) is 17.3 Å². The van der Waals surface area contributed by atoms with Crippen molar-refractivity contribution in [2.75, 3.05) is 0 Å². The second-order valence-electron chi connectivity index (χ2n) is 4.00. The lowest BCUT2D eigenvalue weighted by molar-refractivity contribution is 0.432. The van der Waals surface area contributed by atoms with Crippen LogP contribution in [0.2, 0.25) is 0 Å². The fourth-order valence-corrected chi connectivity index (χ4v) is 2.79. The normalized spacial score (nSPS) is 11.7. The van der Waals surface area contributed by atoms with Gasteiger partial charge in [-0.3, -0.25) is 0 Å². The lowest BCUT2D eigenvalue weighted by Gasteiger charge is -1.98. The van der Waals surface area contributed by atoms with E-state index in [1.807, 2.05) is 16.8 Å². The van der Waals surface area contributed by atoms with Gasteiger partial charge in [-0.15, -0.1) is 0 Å². The van der Waals surface area contributed by atoms with Crippen molar-refractivity contribution in [2.24, 2.45) is 5.14 Å². The molecule has 8 heteroatoms. The van der Waals surface area contributed by atoms with Crippen LogP contribution in [0.3, 0.4) is 0 Å². The maximum Gasteiger partial charge on any atom is 0.258 e. The first-order chi connectivity index (χ1) is 9.54. The van der Waals surface area contributed by atoms with Gasteiger partial charge >= 0.3 is 0 Å². The summed E-state index contributed by atoms with van der Waals surface area (Å²) in [5.41, 5.74) is 1.51. The topological polar surface area (TPSA) is 99.1 Å². The lowest BCUT2D eigenvalue weighted by atomic mass is 10.2. The largest absolute Gasteiger partial charge is 0.334 e. The van der Waals surface area contributed by atoms with Crippen LogP contribution in [-0.4, -0.2) is 18.6 Å². The maximum absolute atomic E-state index is 11.2. The van der Waals surface area contributed by atoms with Crippen molar-refractivity contribution in [1.29, 1.82) is 0 Å². The van der Waals surface area contributed by atoms with Gasteiger partial charge in [-0.1, -0.05) is 5.16 Å². The zero-order chi connectivity index (χ0) is 14.2. The molecule has 0 aliphatic heterocycles. The minimum atomic E-state index is -3.70. The number of rotatable bonds is 3. The number of aromatic nitrogens is 2. The summed E-state index contributed by atoms with van der Waals surface area (Å²) in [4.78, 5) is 4.30. The van der Waals surface area contributed by atoms with E-state index in [0.717, 1.165) is 5.56 Å². The minimum Gasteiger partial charge on any atom is -0.334 e. The van der Waals surface area contributed by atoms with E-state index in [4.69, 9.17) is 9.66 Å². The Kier molecular flexibility index (Phi) is 3.13. The first-order valence-corrected chi connectivity index (χ1v) is 8.02. The fraction of sp³-hybridized carbons (Fsp3) is 0. The highest BCUT2D eigenvalue weighted by Crippen LogP contribution is 2.24. The molecule has 1 aromatic carbocycles. The number of benzene rings is 1. The molecule has 102 valence electrons. The van der Waals surface area contributed by atoms with E-state index in [-0.39, 0.29) is 4.90 Å². The fourth-order valence-electron chi connectivity index (χ4n) is 1.64. The molecule has 0 saturated heterocycles. The van der Waals surface area contributed by atoms with Gasteiger partial charge in [-0.05, 0) is 35.7 Å². The van der Waals surface area contributed by atoms with Crippen LogP contribution in [0.15, 0.2) is 50.5 Å². The van der Waals surface area contributed by atoms with Gasteiger partial charge in [0.05, 0.1) is 4.90 Å². The number of thiophene rings is 1. The highest BCUT2D eigenvalue weighted by Gasteiger charge is 2.12. The van der Waals surface area contributed by atoms with Crippen molar-refractivity contribution < 1.29 is 12.9 Å². The smallest absolute Gasteiger partial charge is 0.258 e. The van der Waals surface area contributed by atoms with Crippen molar-refractivity contribution in [3.63, 3.8) is 0 Å². The molecule has 0 spiro atoms. The molecule has 0 radical (unpaired) electrons. The first kappa shape index (κ1) is 13.0. The van der Waals surface area contributed by atoms with Gasteiger partial charge in [0.25, 0.3) is 5.89 Å². The third kappa shape index (κ3) is 2.48. The van der Waals surface area contributed by atoms with Crippen LogP contribution in [0.1, 0.15) is 0 Å². The summed E-state index contributed by atoms with van der Waals surface area (Å²) in [6.07, 6.45) is 0. The summed E-state index contributed by atoms with van der Waals surface area (Å²) >= 11 is 1.54. The van der Waals surface area contributed by atoms with Crippen LogP contribution in [0.25, 0.3) is 22.8 Å². The molecule has 0 amide bonds. The molecule has 0 saturated carbocycles. The van der Waals surface area contributed by atoms with Gasteiger partial charge in [0.1, 0.15) is 0 Å². The molecular weight excluding hydrogens is 298 g/mol. The standard InChI is InChI=1S/C12H9N3O3S2/c13-20(16,17)10-3-1-8(2-4-10)12-14-11(15-18-12)9-5-6-19-7-9/h1-7H,(H2,13,16,17). The highest BCUT2D eigenvalue weighted by molar-refractivity contribution is 7.89. The zero-order valence-electron chi connectivity index (χ0n) is 10.1. The average Bonchev–Trinajstić information content (AvgIpc) is 3.09. The van der Waals surface area contributed by atoms with Crippen LogP contribution in [0.4, 0.5) is 0 Å². The summed E-state index contributed by atoms with van der Waals surface area (Å²) in [6, 6.07) is 7.84. The Morgan fingerprint density at radius 1 is 1.10 bits per heavy atom. The number of hydrogen-bond donors (Lipinski definition) is 1. The third-order valence-corrected chi connectivity index (χ3v) is 4.25. The number of sulfonamides is 1. The molecule has 0 fully saturated rings. The second-order valence-corrected chi connectivity index (χ2v) is 6.35. The predicted molar refractivity (Wildman–Crippen MR) is 74.4 cm³/mol. The van der Waals surface area contributed by atoms with Crippen LogP contribution < -0.4 is 5.14 Å². The van der Waals surface area contributed by atoms with Gasteiger partial charge in [-0.2, -0.15) is 16.3 Å². The Morgan fingerprint density at radius 3 is 2.45 bits per heavy atom. The molecule has 2 aromatic heterocycles. The molecule has 0 aliphatic rings. The van der Waals surface area contributed by atoms with Crippen LogP contribution >= 0.6 is 11.3 Å². The van der Waals surface area contributed by atoms with Crippen molar-refractivity contribution in [3.8, 4) is 22.8 Å². The third-order valence-electron chi connectivity index (χ3n) is 2.64. The van der Waals surface area contributed by atoms with Crippen molar-refractivity contribution in [1.82, 2.24) is 10.1 Å². The molecule has 3 aromatic rings. The zero-order valence-corrected chi connectivity index (χ0v) is 11.7. The van der Waals surface area contributed by atoms with Crippen LogP contribution in [0, 0.1) is 0 Å². The predicted octanol–water partition coefficient (Wildman–Crippen LogP) is 2.11. The summed E-state index contributed by atoms with van der Waals surface area (Å²) < 4.78 is 27.5. The van der Waals surface area contributed by atoms with Crippen LogP contribution in [-0.2, 0) is 10.0 Å². The quantitative estimate of drug-likeness (QED) is 0.799. The molecule has 2 heterocycles. The first-order valence-electron chi connectivity index (χ1n) is 5.53. The van der Waals surface area contributed by atoms with E-state index in [1.54, 1.807) is 23.5 Å². The van der Waals surface area contributed by atoms with Gasteiger partial charge in [0.2, 0.25) is 15.8 Å². The molecule has 3 rings (SSSR count). The van der Waals surface area contributed by atoms with E-state index < -0.39 is 10.0 Å². The molecular formula is C12H9N3O3S2. The minimum absolute atomic E-state index is 0.0406. The van der Waals surface area contributed by atoms with Crippen LogP contribution in [0.5, 0.6) is 0 Å². The number of nitrogens with zero attached hydrogens (tertiary/aromatic N) is 2. The lowest BCUT2D eigenvalue weighted by Crippen LogP contribution is -2.11. The Bertz CT molecular complexity index is 821. The Hall–Kier alpha value is -2.03. The SMILES string of the molecule is NS(=O)(=O)c1ccc(-c2nc(-c3ccsc3)no2)cc1. The van der Waals surface area contributed by atoms with Gasteiger partial charge in [-0.25, -0.2) is 13.6 Å². The summed E-state index contributed by atoms with van der Waals surface area (Å²) in [7, 11) is -3.70. The van der Waals surface area contributed by atoms with Gasteiger partial charge < -0.3 is 4.52 Å². The average molecular weight is 307 g/mol. The van der Waals surface area contributed by atoms with E-state index in [1.165, 1.54) is 12.1 Å². The Labute approximate surface area is 118 Å². The van der Waals surface area contributed by atoms with E-state index in [2.05, 4.69) is 10.1 Å². The number of nitrogens with two attached hydrogens (primary N) is 1. The van der Waals surface area contributed by atoms with E-state index >= 15 is 0 Å². The molecule has 0 bridgehead atoms. The highest BCUT2D eigenvalue weighted by atomic mass is 32.2. The molecule has 0 unspecified atom stereocenters. The van der Waals surface area contributed by atoms with Crippen molar-refractivity contribution in [2.45, 2.75) is 4.90 Å². The van der Waals surface area contributed by atoms with E-state index in [9.17, 15) is 8.42 Å². The summed E-state index contributed by atoms with van der Waals surface area (Å²) in [5, 5.41) is 12.8. The molecule has 0 atom stereocenters. The number of hydrogen-bond acceptors (Lipinski definition) is 6. The summed E-state index contributed by atoms with van der Waals surface area (Å²) in [5.74, 6) is 0.823.